The van der Waals surface area contributed by atoms with Gasteiger partial charge in [-0.3, -0.25) is 0 Å². The highest BCUT2D eigenvalue weighted by Crippen LogP contribution is 2.59. The molecule has 1 saturated heterocycles. The molecule has 1 atom stereocenters. The standard InChI is InChI=1S/C49H42N2O/c1-47(2)41-16-10-9-13-35(41)36-23-19-32(29-42(36)47)49(31-17-21-34(22-18-31)51-27-11-6-12-28-51)26-25-40-45-44(37-14-7-8-15-38(37)46(40)52-49)39-24-20-33(50-5)30-43(39)48(45,3)4/h7-10,13-26,29-30H,6,11-12,27-28H2,1-4H3. The molecule has 4 aliphatic rings. The fourth-order valence-electron chi connectivity index (χ4n) is 9.98. The van der Waals surface area contributed by atoms with E-state index in [1.807, 2.05) is 6.07 Å². The van der Waals surface area contributed by atoms with Crippen molar-refractivity contribution in [2.24, 2.45) is 0 Å². The monoisotopic (exact) mass is 674 g/mol. The maximum Gasteiger partial charge on any atom is 0.187 e. The Labute approximate surface area is 307 Å². The summed E-state index contributed by atoms with van der Waals surface area (Å²) in [6.07, 6.45) is 8.48. The van der Waals surface area contributed by atoms with Gasteiger partial charge in [0.25, 0.3) is 0 Å². The highest BCUT2D eigenvalue weighted by Gasteiger charge is 2.45. The first-order chi connectivity index (χ1) is 25.2. The maximum atomic E-state index is 7.76. The molecule has 52 heavy (non-hydrogen) atoms. The van der Waals surface area contributed by atoms with Crippen molar-refractivity contribution in [2.45, 2.75) is 63.4 Å². The zero-order valence-electron chi connectivity index (χ0n) is 30.4. The van der Waals surface area contributed by atoms with E-state index in [0.717, 1.165) is 40.9 Å². The summed E-state index contributed by atoms with van der Waals surface area (Å²) in [5.74, 6) is 0.922. The van der Waals surface area contributed by atoms with Crippen molar-refractivity contribution in [3.05, 3.63) is 166 Å². The Kier molecular flexibility index (Phi) is 6.57. The molecule has 2 heterocycles. The Morgan fingerprint density at radius 1 is 0.635 bits per heavy atom. The SMILES string of the molecule is [C-]#[N+]c1ccc2c(c1)C(C)(C)c1c3c(c4ccccc4c1-2)OC(c1ccc(N2CCCCC2)cc1)(c1ccc2c(c1)C(C)(C)c1ccccc1-2)C=C3. The van der Waals surface area contributed by atoms with E-state index in [1.165, 1.54) is 74.8 Å². The van der Waals surface area contributed by atoms with Gasteiger partial charge in [-0.2, -0.15) is 0 Å². The van der Waals surface area contributed by atoms with Crippen LogP contribution in [-0.4, -0.2) is 13.1 Å². The van der Waals surface area contributed by atoms with E-state index in [0.29, 0.717) is 5.69 Å². The summed E-state index contributed by atoms with van der Waals surface area (Å²) in [6.45, 7) is 19.3. The third kappa shape index (κ3) is 4.19. The number of hydrogen-bond donors (Lipinski definition) is 0. The van der Waals surface area contributed by atoms with Crippen LogP contribution < -0.4 is 9.64 Å². The summed E-state index contributed by atoms with van der Waals surface area (Å²) in [5, 5.41) is 2.30. The molecule has 0 spiro atoms. The number of piperidine rings is 1. The van der Waals surface area contributed by atoms with E-state index in [1.54, 1.807) is 0 Å². The second kappa shape index (κ2) is 11.0. The van der Waals surface area contributed by atoms with Gasteiger partial charge in [0, 0.05) is 51.7 Å². The van der Waals surface area contributed by atoms with Gasteiger partial charge in [0.2, 0.25) is 0 Å². The fraction of sp³-hybridized carbons (Fsp3) is 0.245. The Hall–Kier alpha value is -5.59. The minimum Gasteiger partial charge on any atom is -0.472 e. The van der Waals surface area contributed by atoms with Crippen molar-refractivity contribution in [3.8, 4) is 28.0 Å². The molecular formula is C49H42N2O. The van der Waals surface area contributed by atoms with Gasteiger partial charge in [-0.1, -0.05) is 125 Å². The van der Waals surface area contributed by atoms with Crippen LogP contribution in [0.5, 0.6) is 5.75 Å². The van der Waals surface area contributed by atoms with E-state index in [4.69, 9.17) is 11.3 Å². The Morgan fingerprint density at radius 2 is 1.31 bits per heavy atom. The zero-order chi connectivity index (χ0) is 35.4. The summed E-state index contributed by atoms with van der Waals surface area (Å²) in [5.41, 5.74) is 14.3. The van der Waals surface area contributed by atoms with Crippen molar-refractivity contribution >= 4 is 28.2 Å². The first-order valence-corrected chi connectivity index (χ1v) is 18.8. The van der Waals surface area contributed by atoms with E-state index in [9.17, 15) is 0 Å². The smallest absolute Gasteiger partial charge is 0.187 e. The van der Waals surface area contributed by atoms with Crippen LogP contribution in [0.3, 0.4) is 0 Å². The summed E-state index contributed by atoms with van der Waals surface area (Å²) in [7, 11) is 0. The van der Waals surface area contributed by atoms with Gasteiger partial charge >= 0.3 is 0 Å². The number of nitrogens with zero attached hydrogens (tertiary/aromatic N) is 2. The highest BCUT2D eigenvalue weighted by atomic mass is 16.5. The summed E-state index contributed by atoms with van der Waals surface area (Å²) in [4.78, 5) is 6.33. The van der Waals surface area contributed by atoms with Gasteiger partial charge in [0.15, 0.2) is 11.3 Å². The van der Waals surface area contributed by atoms with Gasteiger partial charge in [0.1, 0.15) is 5.75 Å². The molecule has 1 fully saturated rings. The summed E-state index contributed by atoms with van der Waals surface area (Å²) < 4.78 is 7.71. The van der Waals surface area contributed by atoms with Gasteiger partial charge in [0.05, 0.1) is 6.57 Å². The Balaban J connectivity index is 1.20. The molecule has 0 N–H and O–H groups in total. The lowest BCUT2D eigenvalue weighted by Gasteiger charge is -2.39. The molecule has 0 aromatic heterocycles. The summed E-state index contributed by atoms with van der Waals surface area (Å²) in [6, 6.07) is 40.0. The molecule has 3 nitrogen and oxygen atoms in total. The van der Waals surface area contributed by atoms with Crippen LogP contribution in [0.15, 0.2) is 115 Å². The lowest BCUT2D eigenvalue weighted by Crippen LogP contribution is -2.35. The number of benzene rings is 6. The second-order valence-corrected chi connectivity index (χ2v) is 16.2. The molecule has 0 bridgehead atoms. The average molecular weight is 675 g/mol. The molecule has 2 aliphatic carbocycles. The van der Waals surface area contributed by atoms with Gasteiger partial charge in [-0.25, -0.2) is 4.85 Å². The van der Waals surface area contributed by atoms with Crippen LogP contribution in [0.1, 0.15) is 85.9 Å². The molecule has 0 amide bonds. The fourth-order valence-corrected chi connectivity index (χ4v) is 9.98. The average Bonchev–Trinajstić information content (AvgIpc) is 3.57. The molecule has 254 valence electrons. The number of anilines is 1. The molecule has 2 aliphatic heterocycles. The molecule has 0 radical (unpaired) electrons. The topological polar surface area (TPSA) is 16.8 Å². The quantitative estimate of drug-likeness (QED) is 0.174. The highest BCUT2D eigenvalue weighted by molar-refractivity contribution is 6.08. The number of ether oxygens (including phenoxy) is 1. The normalized spacial score (nSPS) is 19.9. The lowest BCUT2D eigenvalue weighted by atomic mass is 9.75. The Morgan fingerprint density at radius 3 is 2.10 bits per heavy atom. The van der Waals surface area contributed by atoms with Crippen molar-refractivity contribution in [1.29, 1.82) is 0 Å². The third-order valence-corrected chi connectivity index (χ3v) is 12.7. The second-order valence-electron chi connectivity index (χ2n) is 16.2. The van der Waals surface area contributed by atoms with Crippen LogP contribution in [0.25, 0.3) is 43.9 Å². The van der Waals surface area contributed by atoms with E-state index < -0.39 is 5.60 Å². The largest absolute Gasteiger partial charge is 0.472 e. The predicted molar refractivity (Wildman–Crippen MR) is 215 cm³/mol. The van der Waals surface area contributed by atoms with Gasteiger partial charge in [-0.15, -0.1) is 0 Å². The van der Waals surface area contributed by atoms with Crippen LogP contribution in [-0.2, 0) is 16.4 Å². The van der Waals surface area contributed by atoms with E-state index >= 15 is 0 Å². The van der Waals surface area contributed by atoms with Gasteiger partial charge in [-0.05, 0) is 93.4 Å². The number of rotatable bonds is 3. The predicted octanol–water partition coefficient (Wildman–Crippen LogP) is 12.3. The molecule has 10 rings (SSSR count). The molecule has 6 aromatic rings. The van der Waals surface area contributed by atoms with Crippen molar-refractivity contribution in [2.75, 3.05) is 18.0 Å². The molecule has 1 unspecified atom stereocenters. The van der Waals surface area contributed by atoms with Crippen molar-refractivity contribution in [3.63, 3.8) is 0 Å². The number of hydrogen-bond acceptors (Lipinski definition) is 2. The van der Waals surface area contributed by atoms with Crippen LogP contribution >= 0.6 is 0 Å². The zero-order valence-corrected chi connectivity index (χ0v) is 30.4. The first kappa shape index (κ1) is 31.2. The number of fused-ring (bicyclic) bond motifs is 11. The minimum absolute atomic E-state index is 0.134. The van der Waals surface area contributed by atoms with Crippen molar-refractivity contribution < 1.29 is 4.74 Å². The van der Waals surface area contributed by atoms with Gasteiger partial charge < -0.3 is 9.64 Å². The molecule has 3 heteroatoms. The van der Waals surface area contributed by atoms with Crippen molar-refractivity contribution in [1.82, 2.24) is 0 Å². The molecular weight excluding hydrogens is 633 g/mol. The van der Waals surface area contributed by atoms with Crippen LogP contribution in [0, 0.1) is 6.57 Å². The summed E-state index contributed by atoms with van der Waals surface area (Å²) >= 11 is 0. The first-order valence-electron chi connectivity index (χ1n) is 18.8. The minimum atomic E-state index is -0.850. The third-order valence-electron chi connectivity index (χ3n) is 12.7. The van der Waals surface area contributed by atoms with Crippen LogP contribution in [0.2, 0.25) is 0 Å². The Bertz CT molecular complexity index is 2540. The molecule has 6 aromatic carbocycles. The lowest BCUT2D eigenvalue weighted by molar-refractivity contribution is 0.163. The van der Waals surface area contributed by atoms with E-state index in [2.05, 4.69) is 153 Å². The van der Waals surface area contributed by atoms with E-state index in [-0.39, 0.29) is 10.8 Å². The van der Waals surface area contributed by atoms with Crippen LogP contribution in [0.4, 0.5) is 11.4 Å². The molecule has 0 saturated carbocycles. The maximum absolute atomic E-state index is 7.76.